The van der Waals surface area contributed by atoms with Crippen molar-refractivity contribution in [2.24, 2.45) is 0 Å². The van der Waals surface area contributed by atoms with Gasteiger partial charge in [-0.3, -0.25) is 14.7 Å². The number of aromatic nitrogens is 3. The van der Waals surface area contributed by atoms with Crippen molar-refractivity contribution < 1.29 is 9.59 Å². The molecular formula is C15H15N5O2S. The number of nitrogens with one attached hydrogen (secondary N) is 3. The number of thiazole rings is 1. The van der Waals surface area contributed by atoms with E-state index in [9.17, 15) is 9.59 Å². The SMILES string of the molecule is Cc1cnc(NC(=O)[C@@H](C)NC(=O)c2n[nH]c3ccccc23)s1. The van der Waals surface area contributed by atoms with Gasteiger partial charge in [-0.1, -0.05) is 18.2 Å². The molecule has 2 aromatic heterocycles. The lowest BCUT2D eigenvalue weighted by molar-refractivity contribution is -0.117. The Morgan fingerprint density at radius 1 is 1.30 bits per heavy atom. The van der Waals surface area contributed by atoms with Crippen LogP contribution < -0.4 is 10.6 Å². The maximum atomic E-state index is 12.3. The van der Waals surface area contributed by atoms with E-state index in [1.54, 1.807) is 19.2 Å². The van der Waals surface area contributed by atoms with Crippen LogP contribution in [0.5, 0.6) is 0 Å². The van der Waals surface area contributed by atoms with Gasteiger partial charge in [0.05, 0.1) is 5.52 Å². The number of rotatable bonds is 4. The number of carbonyl (C=O) groups excluding carboxylic acids is 2. The Hall–Kier alpha value is -2.74. The van der Waals surface area contributed by atoms with Crippen LogP contribution >= 0.6 is 11.3 Å². The van der Waals surface area contributed by atoms with Crippen LogP contribution in [0.2, 0.25) is 0 Å². The van der Waals surface area contributed by atoms with Crippen LogP contribution in [0.15, 0.2) is 30.5 Å². The van der Waals surface area contributed by atoms with Gasteiger partial charge in [0.15, 0.2) is 10.8 Å². The Morgan fingerprint density at radius 2 is 2.09 bits per heavy atom. The van der Waals surface area contributed by atoms with Gasteiger partial charge in [0, 0.05) is 16.5 Å². The maximum Gasteiger partial charge on any atom is 0.273 e. The van der Waals surface area contributed by atoms with Crippen molar-refractivity contribution in [2.75, 3.05) is 5.32 Å². The predicted molar refractivity (Wildman–Crippen MR) is 88.5 cm³/mol. The molecule has 0 saturated carbocycles. The molecule has 0 radical (unpaired) electrons. The third-order valence-corrected chi connectivity index (χ3v) is 4.11. The molecule has 23 heavy (non-hydrogen) atoms. The van der Waals surface area contributed by atoms with E-state index in [1.165, 1.54) is 11.3 Å². The normalized spacial score (nSPS) is 12.1. The molecule has 0 fully saturated rings. The minimum Gasteiger partial charge on any atom is -0.339 e. The van der Waals surface area contributed by atoms with Crippen LogP contribution in [0.3, 0.4) is 0 Å². The second-order valence-electron chi connectivity index (χ2n) is 5.08. The molecule has 1 atom stereocenters. The topological polar surface area (TPSA) is 99.8 Å². The average Bonchev–Trinajstić information content (AvgIpc) is 3.13. The van der Waals surface area contributed by atoms with Crippen LogP contribution in [-0.4, -0.2) is 33.0 Å². The number of H-pyrrole nitrogens is 1. The van der Waals surface area contributed by atoms with Gasteiger partial charge in [0.1, 0.15) is 6.04 Å². The number of benzene rings is 1. The van der Waals surface area contributed by atoms with Crippen molar-refractivity contribution in [1.82, 2.24) is 20.5 Å². The van der Waals surface area contributed by atoms with E-state index >= 15 is 0 Å². The number of anilines is 1. The van der Waals surface area contributed by atoms with Gasteiger partial charge in [0.2, 0.25) is 5.91 Å². The molecule has 7 nitrogen and oxygen atoms in total. The Bertz CT molecular complexity index is 870. The van der Waals surface area contributed by atoms with Crippen molar-refractivity contribution in [2.45, 2.75) is 19.9 Å². The molecule has 0 spiro atoms. The molecule has 3 rings (SSSR count). The third kappa shape index (κ3) is 3.21. The number of hydrogen-bond acceptors (Lipinski definition) is 5. The summed E-state index contributed by atoms with van der Waals surface area (Å²) < 4.78 is 0. The highest BCUT2D eigenvalue weighted by Crippen LogP contribution is 2.17. The van der Waals surface area contributed by atoms with Crippen LogP contribution in [0.4, 0.5) is 5.13 Å². The van der Waals surface area contributed by atoms with Crippen LogP contribution in [0.1, 0.15) is 22.3 Å². The molecule has 0 unspecified atom stereocenters. The number of nitrogens with zero attached hydrogens (tertiary/aromatic N) is 2. The van der Waals surface area contributed by atoms with Gasteiger partial charge in [-0.25, -0.2) is 4.98 Å². The number of amides is 2. The summed E-state index contributed by atoms with van der Waals surface area (Å²) in [6.45, 7) is 3.52. The molecule has 118 valence electrons. The van der Waals surface area contributed by atoms with Gasteiger partial charge in [-0.05, 0) is 19.9 Å². The molecule has 0 aliphatic carbocycles. The number of para-hydroxylation sites is 1. The summed E-state index contributed by atoms with van der Waals surface area (Å²) in [6, 6.07) is 6.61. The fourth-order valence-corrected chi connectivity index (χ4v) is 2.76. The highest BCUT2D eigenvalue weighted by atomic mass is 32.1. The number of aryl methyl sites for hydroxylation is 1. The van der Waals surface area contributed by atoms with E-state index in [0.29, 0.717) is 10.5 Å². The zero-order valence-electron chi connectivity index (χ0n) is 12.6. The maximum absolute atomic E-state index is 12.3. The van der Waals surface area contributed by atoms with Crippen LogP contribution in [0, 0.1) is 6.92 Å². The first kappa shape index (κ1) is 15.2. The first-order valence-electron chi connectivity index (χ1n) is 7.02. The summed E-state index contributed by atoms with van der Waals surface area (Å²) in [5, 5.41) is 13.4. The summed E-state index contributed by atoms with van der Waals surface area (Å²) in [4.78, 5) is 29.5. The monoisotopic (exact) mass is 329 g/mol. The molecule has 2 amide bonds. The van der Waals surface area contributed by atoms with Gasteiger partial charge < -0.3 is 10.6 Å². The van der Waals surface area contributed by atoms with E-state index in [1.807, 2.05) is 25.1 Å². The summed E-state index contributed by atoms with van der Waals surface area (Å²) in [5.74, 6) is -0.729. The van der Waals surface area contributed by atoms with Gasteiger partial charge >= 0.3 is 0 Å². The number of aromatic amines is 1. The lowest BCUT2D eigenvalue weighted by Gasteiger charge is -2.12. The molecule has 0 aliphatic heterocycles. The summed E-state index contributed by atoms with van der Waals surface area (Å²) in [7, 11) is 0. The predicted octanol–water partition coefficient (Wildman–Crippen LogP) is 2.08. The number of carbonyl (C=O) groups is 2. The van der Waals surface area contributed by atoms with Crippen molar-refractivity contribution in [1.29, 1.82) is 0 Å². The zero-order valence-corrected chi connectivity index (χ0v) is 13.4. The standard InChI is InChI=1S/C15H15N5O2S/c1-8-7-16-15(23-8)18-13(21)9(2)17-14(22)12-10-5-3-4-6-11(10)19-20-12/h3-7,9H,1-2H3,(H,17,22)(H,19,20)(H,16,18,21)/t9-/m1/s1. The van der Waals surface area contributed by atoms with Gasteiger partial charge in [0.25, 0.3) is 5.91 Å². The number of hydrogen-bond donors (Lipinski definition) is 3. The zero-order chi connectivity index (χ0) is 16.4. The summed E-state index contributed by atoms with van der Waals surface area (Å²) >= 11 is 1.38. The largest absolute Gasteiger partial charge is 0.339 e. The molecule has 3 N–H and O–H groups in total. The molecule has 0 saturated heterocycles. The highest BCUT2D eigenvalue weighted by molar-refractivity contribution is 7.15. The lowest BCUT2D eigenvalue weighted by atomic mass is 10.2. The minimum atomic E-state index is -0.706. The molecule has 8 heteroatoms. The van der Waals surface area contributed by atoms with Crippen molar-refractivity contribution in [3.8, 4) is 0 Å². The Kier molecular flexibility index (Phi) is 4.07. The van der Waals surface area contributed by atoms with Crippen molar-refractivity contribution in [3.05, 3.63) is 41.0 Å². The summed E-state index contributed by atoms with van der Waals surface area (Å²) in [5.41, 5.74) is 1.04. The first-order chi connectivity index (χ1) is 11.0. The highest BCUT2D eigenvalue weighted by Gasteiger charge is 2.20. The van der Waals surface area contributed by atoms with E-state index in [-0.39, 0.29) is 11.6 Å². The lowest BCUT2D eigenvalue weighted by Crippen LogP contribution is -2.41. The van der Waals surface area contributed by atoms with Crippen LogP contribution in [-0.2, 0) is 4.79 Å². The molecular weight excluding hydrogens is 314 g/mol. The van der Waals surface area contributed by atoms with E-state index in [2.05, 4.69) is 25.8 Å². The quantitative estimate of drug-likeness (QED) is 0.682. The molecule has 2 heterocycles. The Labute approximate surface area is 136 Å². The average molecular weight is 329 g/mol. The molecule has 0 bridgehead atoms. The van der Waals surface area contributed by atoms with Gasteiger partial charge in [-0.15, -0.1) is 11.3 Å². The number of fused-ring (bicyclic) bond motifs is 1. The van der Waals surface area contributed by atoms with Crippen molar-refractivity contribution >= 4 is 39.2 Å². The first-order valence-corrected chi connectivity index (χ1v) is 7.83. The Morgan fingerprint density at radius 3 is 2.83 bits per heavy atom. The van der Waals surface area contributed by atoms with E-state index in [0.717, 1.165) is 10.4 Å². The molecule has 1 aromatic carbocycles. The Balaban J connectivity index is 1.68. The van der Waals surface area contributed by atoms with E-state index < -0.39 is 11.9 Å². The van der Waals surface area contributed by atoms with Gasteiger partial charge in [-0.2, -0.15) is 5.10 Å². The van der Waals surface area contributed by atoms with Crippen molar-refractivity contribution in [3.63, 3.8) is 0 Å². The van der Waals surface area contributed by atoms with E-state index in [4.69, 9.17) is 0 Å². The summed E-state index contributed by atoms with van der Waals surface area (Å²) in [6.07, 6.45) is 1.68. The smallest absolute Gasteiger partial charge is 0.273 e. The second kappa shape index (κ2) is 6.17. The van der Waals surface area contributed by atoms with Crippen LogP contribution in [0.25, 0.3) is 10.9 Å². The fraction of sp³-hybridized carbons (Fsp3) is 0.200. The second-order valence-corrected chi connectivity index (χ2v) is 6.31. The molecule has 3 aromatic rings. The third-order valence-electron chi connectivity index (χ3n) is 3.28. The fourth-order valence-electron chi connectivity index (χ4n) is 2.09. The molecule has 0 aliphatic rings. The minimum absolute atomic E-state index is 0.269.